The number of aliphatic carboxylic acids is 1. The summed E-state index contributed by atoms with van der Waals surface area (Å²) in [5.41, 5.74) is 5.37. The number of esters is 1. The molecular weight excluding hydrogens is 838 g/mol. The number of hydrogen-bond donors (Lipinski definition) is 3. The van der Waals surface area contributed by atoms with Gasteiger partial charge in [0.1, 0.15) is 12.1 Å². The first-order valence-electron chi connectivity index (χ1n) is 25.3. The second-order valence-electron chi connectivity index (χ2n) is 16.6. The molecule has 0 aromatic heterocycles. The fraction of sp³-hybridized carbons (Fsp3) is 0.667. The highest BCUT2D eigenvalue weighted by molar-refractivity contribution is 7.47. The maximum Gasteiger partial charge on any atom is 0.472 e. The average molecular weight is 930 g/mol. The normalized spacial score (nSPS) is 14.5. The van der Waals surface area contributed by atoms with Crippen LogP contribution >= 0.6 is 7.82 Å². The van der Waals surface area contributed by atoms with Crippen molar-refractivity contribution in [3.05, 3.63) is 97.2 Å². The molecular formula is C54H92NO9P. The van der Waals surface area contributed by atoms with Gasteiger partial charge in [-0.05, 0) is 96.3 Å². The first-order chi connectivity index (χ1) is 31.7. The molecule has 10 nitrogen and oxygen atoms in total. The van der Waals surface area contributed by atoms with E-state index >= 15 is 0 Å². The van der Waals surface area contributed by atoms with Gasteiger partial charge in [0.15, 0.2) is 0 Å². The third kappa shape index (κ3) is 48.6. The van der Waals surface area contributed by atoms with E-state index in [0.29, 0.717) is 13.0 Å². The van der Waals surface area contributed by atoms with E-state index in [2.05, 4.69) is 111 Å². The van der Waals surface area contributed by atoms with Crippen molar-refractivity contribution in [1.82, 2.24) is 0 Å². The van der Waals surface area contributed by atoms with Crippen molar-refractivity contribution in [2.24, 2.45) is 5.73 Å². The summed E-state index contributed by atoms with van der Waals surface area (Å²) < 4.78 is 33.5. The molecule has 3 atom stereocenters. The SMILES string of the molecule is CC/C=C\C/C=C\C/C=C\C/C=C\C/C=C\CCCCCCCCOCC(COP(=O)(O)OCC(N)C(=O)O)OC(=O)CCCCCCCC/C=C\C/C=C\C/C=C\CCCCCCC. The number of rotatable bonds is 47. The molecule has 0 amide bonds. The number of allylic oxidation sites excluding steroid dienone is 16. The number of hydrogen-bond acceptors (Lipinski definition) is 8. The van der Waals surface area contributed by atoms with Crippen LogP contribution in [0.15, 0.2) is 97.2 Å². The lowest BCUT2D eigenvalue weighted by molar-refractivity contribution is -0.154. The Kier molecular flexibility index (Phi) is 46.5. The topological polar surface area (TPSA) is 155 Å². The molecule has 0 heterocycles. The summed E-state index contributed by atoms with van der Waals surface area (Å²) in [6, 6.07) is -1.48. The molecule has 0 spiro atoms. The smallest absolute Gasteiger partial charge is 0.472 e. The van der Waals surface area contributed by atoms with Gasteiger partial charge in [-0.15, -0.1) is 0 Å². The minimum absolute atomic E-state index is 0.00495. The van der Waals surface area contributed by atoms with Crippen molar-refractivity contribution in [2.75, 3.05) is 26.4 Å². The minimum atomic E-state index is -4.64. The summed E-state index contributed by atoms with van der Waals surface area (Å²) in [6.07, 6.45) is 64.6. The number of carbonyl (C=O) groups excluding carboxylic acids is 1. The van der Waals surface area contributed by atoms with Crippen LogP contribution in [0.3, 0.4) is 0 Å². The Hall–Kier alpha value is -3.11. The lowest BCUT2D eigenvalue weighted by Crippen LogP contribution is -2.34. The van der Waals surface area contributed by atoms with Crippen LogP contribution in [0.2, 0.25) is 0 Å². The van der Waals surface area contributed by atoms with Crippen LogP contribution in [0.25, 0.3) is 0 Å². The van der Waals surface area contributed by atoms with Crippen LogP contribution in [-0.2, 0) is 32.7 Å². The van der Waals surface area contributed by atoms with Gasteiger partial charge in [0.2, 0.25) is 0 Å². The molecule has 4 N–H and O–H groups in total. The second-order valence-corrected chi connectivity index (χ2v) is 18.0. The van der Waals surface area contributed by atoms with E-state index in [0.717, 1.165) is 116 Å². The molecule has 0 bridgehead atoms. The fourth-order valence-corrected chi connectivity index (χ4v) is 7.24. The number of carbonyl (C=O) groups is 2. The van der Waals surface area contributed by atoms with E-state index in [1.165, 1.54) is 51.4 Å². The van der Waals surface area contributed by atoms with Crippen LogP contribution in [0.5, 0.6) is 0 Å². The van der Waals surface area contributed by atoms with Crippen molar-refractivity contribution in [3.8, 4) is 0 Å². The number of unbranched alkanes of at least 4 members (excludes halogenated alkanes) is 17. The van der Waals surface area contributed by atoms with Crippen LogP contribution in [-0.4, -0.2) is 60.5 Å². The standard InChI is InChI=1S/C54H92NO9P/c1-3-5-7-9-11-13-15-17-19-21-23-25-27-29-31-33-35-37-39-41-43-45-47-61-48-51(49-62-65(59,60)63-50-52(55)54(57)58)64-53(56)46-44-42-40-38-36-34-32-30-28-26-24-22-20-18-16-14-12-10-8-6-4-2/h5,7,11,13,16-19,22-25,28-31,51-52H,3-4,6,8-10,12,14-15,20-21,26-27,32-50,55H2,1-2H3,(H,57,58)(H,59,60)/b7-5-,13-11-,18-16-,19-17-,24-22-,25-23-,30-28-,31-29-. The third-order valence-corrected chi connectivity index (χ3v) is 11.3. The first-order valence-corrected chi connectivity index (χ1v) is 26.8. The Bertz CT molecular complexity index is 1400. The number of ether oxygens (including phenoxy) is 2. The lowest BCUT2D eigenvalue weighted by Gasteiger charge is -2.20. The Morgan fingerprint density at radius 3 is 1.34 bits per heavy atom. The van der Waals surface area contributed by atoms with Gasteiger partial charge in [-0.3, -0.25) is 18.6 Å². The molecule has 0 fully saturated rings. The van der Waals surface area contributed by atoms with Gasteiger partial charge in [-0.25, -0.2) is 4.57 Å². The molecule has 3 unspecified atom stereocenters. The van der Waals surface area contributed by atoms with E-state index < -0.39 is 45.1 Å². The number of phosphoric acid groups is 1. The largest absolute Gasteiger partial charge is 0.480 e. The Balaban J connectivity index is 4.25. The van der Waals surface area contributed by atoms with Gasteiger partial charge < -0.3 is 25.2 Å². The maximum atomic E-state index is 12.7. The Morgan fingerprint density at radius 1 is 0.508 bits per heavy atom. The molecule has 65 heavy (non-hydrogen) atoms. The van der Waals surface area contributed by atoms with Crippen molar-refractivity contribution in [2.45, 2.75) is 206 Å². The maximum absolute atomic E-state index is 12.7. The van der Waals surface area contributed by atoms with Gasteiger partial charge in [-0.1, -0.05) is 188 Å². The average Bonchev–Trinajstić information content (AvgIpc) is 3.29. The monoisotopic (exact) mass is 930 g/mol. The highest BCUT2D eigenvalue weighted by Crippen LogP contribution is 2.43. The zero-order valence-corrected chi connectivity index (χ0v) is 41.7. The van der Waals surface area contributed by atoms with Crippen molar-refractivity contribution < 1.29 is 42.7 Å². The van der Waals surface area contributed by atoms with E-state index in [4.69, 9.17) is 29.4 Å². The highest BCUT2D eigenvalue weighted by Gasteiger charge is 2.27. The molecule has 0 saturated heterocycles. The minimum Gasteiger partial charge on any atom is -0.480 e. The summed E-state index contributed by atoms with van der Waals surface area (Å²) in [7, 11) is -4.64. The molecule has 0 aliphatic heterocycles. The van der Waals surface area contributed by atoms with E-state index in [-0.39, 0.29) is 13.0 Å². The Labute approximate surface area is 396 Å². The second kappa shape index (κ2) is 48.8. The number of phosphoric ester groups is 1. The summed E-state index contributed by atoms with van der Waals surface area (Å²) in [5, 5.41) is 8.93. The summed E-state index contributed by atoms with van der Waals surface area (Å²) >= 11 is 0. The summed E-state index contributed by atoms with van der Waals surface area (Å²) in [5.74, 6) is -1.80. The van der Waals surface area contributed by atoms with Gasteiger partial charge in [-0.2, -0.15) is 0 Å². The fourth-order valence-electron chi connectivity index (χ4n) is 6.46. The first kappa shape index (κ1) is 61.9. The molecule has 0 radical (unpaired) electrons. The predicted octanol–water partition coefficient (Wildman–Crippen LogP) is 14.9. The van der Waals surface area contributed by atoms with Crippen molar-refractivity contribution in [3.63, 3.8) is 0 Å². The van der Waals surface area contributed by atoms with Crippen LogP contribution in [0, 0.1) is 0 Å². The zero-order chi connectivity index (χ0) is 47.6. The lowest BCUT2D eigenvalue weighted by atomic mass is 10.1. The van der Waals surface area contributed by atoms with Crippen molar-refractivity contribution >= 4 is 19.8 Å². The predicted molar refractivity (Wildman–Crippen MR) is 272 cm³/mol. The molecule has 0 aliphatic rings. The molecule has 0 rings (SSSR count). The number of nitrogens with two attached hydrogens (primary N) is 1. The third-order valence-electron chi connectivity index (χ3n) is 10.3. The van der Waals surface area contributed by atoms with E-state index in [1.807, 2.05) is 0 Å². The van der Waals surface area contributed by atoms with Crippen LogP contribution in [0.4, 0.5) is 0 Å². The quantitative estimate of drug-likeness (QED) is 0.0232. The zero-order valence-electron chi connectivity index (χ0n) is 40.8. The van der Waals surface area contributed by atoms with Gasteiger partial charge in [0.25, 0.3) is 0 Å². The van der Waals surface area contributed by atoms with Gasteiger partial charge in [0, 0.05) is 13.0 Å². The number of carboxylic acid groups (broad SMARTS) is 1. The molecule has 0 aromatic carbocycles. The molecule has 0 saturated carbocycles. The highest BCUT2D eigenvalue weighted by atomic mass is 31.2. The summed E-state index contributed by atoms with van der Waals surface area (Å²) in [4.78, 5) is 33.7. The Morgan fingerprint density at radius 2 is 0.892 bits per heavy atom. The van der Waals surface area contributed by atoms with Crippen molar-refractivity contribution in [1.29, 1.82) is 0 Å². The van der Waals surface area contributed by atoms with Crippen LogP contribution < -0.4 is 5.73 Å². The van der Waals surface area contributed by atoms with E-state index in [9.17, 15) is 19.0 Å². The van der Waals surface area contributed by atoms with Crippen LogP contribution in [0.1, 0.15) is 194 Å². The molecule has 0 aliphatic carbocycles. The van der Waals surface area contributed by atoms with Gasteiger partial charge in [0.05, 0.1) is 19.8 Å². The summed E-state index contributed by atoms with van der Waals surface area (Å²) in [6.45, 7) is 3.70. The van der Waals surface area contributed by atoms with Gasteiger partial charge >= 0.3 is 19.8 Å². The van der Waals surface area contributed by atoms with E-state index in [1.54, 1.807) is 0 Å². The number of carboxylic acids is 1. The molecule has 11 heteroatoms. The molecule has 0 aromatic rings. The molecule has 372 valence electrons.